The van der Waals surface area contributed by atoms with Crippen molar-refractivity contribution in [1.82, 2.24) is 0 Å². The number of carboxylic acids is 1. The van der Waals surface area contributed by atoms with Gasteiger partial charge in [-0.2, -0.15) is 0 Å². The van der Waals surface area contributed by atoms with Crippen molar-refractivity contribution >= 4 is 47.9 Å². The van der Waals surface area contributed by atoms with Gasteiger partial charge in [-0.05, 0) is 44.0 Å². The lowest BCUT2D eigenvalue weighted by molar-refractivity contribution is -0.139. The summed E-state index contributed by atoms with van der Waals surface area (Å²) in [6.45, 7) is -0.536. The van der Waals surface area contributed by atoms with Gasteiger partial charge in [0, 0.05) is 0 Å². The van der Waals surface area contributed by atoms with Crippen molar-refractivity contribution in [2.45, 2.75) is 4.90 Å². The second-order valence-corrected chi connectivity index (χ2v) is 6.21. The van der Waals surface area contributed by atoms with Gasteiger partial charge in [-0.3, -0.25) is 0 Å². The third-order valence-corrected chi connectivity index (χ3v) is 3.71. The molecule has 9 heteroatoms. The Morgan fingerprint density at radius 2 is 1.82 bits per heavy atom. The van der Waals surface area contributed by atoms with Crippen LogP contribution in [0.25, 0.3) is 0 Å². The molecule has 0 heterocycles. The van der Waals surface area contributed by atoms with Gasteiger partial charge in [0.1, 0.15) is 5.75 Å². The molecule has 17 heavy (non-hydrogen) atoms. The van der Waals surface area contributed by atoms with Crippen LogP contribution in [-0.4, -0.2) is 26.1 Å². The fourth-order valence-electron chi connectivity index (χ4n) is 0.973. The van der Waals surface area contributed by atoms with E-state index in [-0.39, 0.29) is 19.6 Å². The van der Waals surface area contributed by atoms with Crippen LogP contribution in [0.15, 0.2) is 26.0 Å². The summed E-state index contributed by atoms with van der Waals surface area (Å²) in [4.78, 5) is 10.2. The first-order valence-corrected chi connectivity index (χ1v) is 7.21. The lowest BCUT2D eigenvalue weighted by atomic mass is 10.3. The highest BCUT2D eigenvalue weighted by Gasteiger charge is 2.15. The second-order valence-electron chi connectivity index (χ2n) is 2.94. The molecule has 0 aliphatic carbocycles. The fraction of sp³-hybridized carbons (Fsp3) is 0.125. The minimum atomic E-state index is -3.83. The Kier molecular flexibility index (Phi) is 4.53. The van der Waals surface area contributed by atoms with Gasteiger partial charge in [0.05, 0.1) is 13.8 Å². The van der Waals surface area contributed by atoms with E-state index in [1.54, 1.807) is 0 Å². The van der Waals surface area contributed by atoms with Crippen molar-refractivity contribution in [3.05, 3.63) is 21.1 Å². The smallest absolute Gasteiger partial charge is 0.341 e. The number of carbonyl (C=O) groups is 1. The number of carboxylic acid groups (broad SMARTS) is 1. The number of hydrogen-bond donors (Lipinski definition) is 2. The van der Waals surface area contributed by atoms with Crippen molar-refractivity contribution < 1.29 is 23.1 Å². The standard InChI is InChI=1S/C8H7Br2NO5S/c9-5-1-4(17(11,14)15)2-6(10)8(5)16-3-7(12)13/h1-2H,3H2,(H,12,13)(H2,11,14,15). The summed E-state index contributed by atoms with van der Waals surface area (Å²) in [5.74, 6) is -0.945. The number of halogens is 2. The third-order valence-electron chi connectivity index (χ3n) is 1.64. The summed E-state index contributed by atoms with van der Waals surface area (Å²) in [7, 11) is -3.83. The van der Waals surface area contributed by atoms with Gasteiger partial charge < -0.3 is 9.84 Å². The largest absolute Gasteiger partial charge is 0.480 e. The maximum absolute atomic E-state index is 11.1. The molecule has 0 saturated carbocycles. The first kappa shape index (κ1) is 14.4. The predicted molar refractivity (Wildman–Crippen MR) is 66.3 cm³/mol. The molecule has 0 radical (unpaired) electrons. The lowest BCUT2D eigenvalue weighted by Crippen LogP contribution is -2.13. The molecule has 0 bridgehead atoms. The molecule has 0 atom stereocenters. The maximum atomic E-state index is 11.1. The topological polar surface area (TPSA) is 107 Å². The average molecular weight is 389 g/mol. The van der Waals surface area contributed by atoms with Crippen LogP contribution in [0.5, 0.6) is 5.75 Å². The normalized spacial score (nSPS) is 11.2. The summed E-state index contributed by atoms with van der Waals surface area (Å²) in [6.07, 6.45) is 0. The van der Waals surface area contributed by atoms with Gasteiger partial charge in [-0.15, -0.1) is 0 Å². The first-order valence-electron chi connectivity index (χ1n) is 4.08. The number of rotatable bonds is 4. The van der Waals surface area contributed by atoms with Crippen LogP contribution in [-0.2, 0) is 14.8 Å². The minimum absolute atomic E-state index is 0.112. The highest BCUT2D eigenvalue weighted by atomic mass is 79.9. The van der Waals surface area contributed by atoms with Crippen LogP contribution in [0, 0.1) is 0 Å². The molecular weight excluding hydrogens is 382 g/mol. The number of sulfonamides is 1. The highest BCUT2D eigenvalue weighted by Crippen LogP contribution is 2.35. The quantitative estimate of drug-likeness (QED) is 0.808. The summed E-state index contributed by atoms with van der Waals surface area (Å²) in [5, 5.41) is 13.4. The third kappa shape index (κ3) is 3.95. The van der Waals surface area contributed by atoms with E-state index in [0.717, 1.165) is 0 Å². The SMILES string of the molecule is NS(=O)(=O)c1cc(Br)c(OCC(=O)O)c(Br)c1. The Morgan fingerprint density at radius 3 is 2.18 bits per heavy atom. The van der Waals surface area contributed by atoms with Crippen LogP contribution >= 0.6 is 31.9 Å². The van der Waals surface area contributed by atoms with Gasteiger partial charge in [-0.25, -0.2) is 18.4 Å². The van der Waals surface area contributed by atoms with Gasteiger partial charge in [0.2, 0.25) is 10.0 Å². The van der Waals surface area contributed by atoms with E-state index < -0.39 is 22.6 Å². The van der Waals surface area contributed by atoms with E-state index in [4.69, 9.17) is 15.0 Å². The Hall–Kier alpha value is -0.640. The zero-order valence-corrected chi connectivity index (χ0v) is 12.2. The summed E-state index contributed by atoms with van der Waals surface area (Å²) < 4.78 is 27.8. The summed E-state index contributed by atoms with van der Waals surface area (Å²) in [5.41, 5.74) is 0. The van der Waals surface area contributed by atoms with E-state index in [1.807, 2.05) is 0 Å². The Labute approximate surface area is 114 Å². The molecule has 1 aromatic carbocycles. The van der Waals surface area contributed by atoms with Crippen molar-refractivity contribution in [2.24, 2.45) is 5.14 Å². The number of primary sulfonamides is 1. The van der Waals surface area contributed by atoms with Crippen molar-refractivity contribution in [2.75, 3.05) is 6.61 Å². The molecule has 94 valence electrons. The number of aliphatic carboxylic acids is 1. The molecule has 0 aromatic heterocycles. The van der Waals surface area contributed by atoms with Crippen LogP contribution in [0.2, 0.25) is 0 Å². The van der Waals surface area contributed by atoms with Crippen molar-refractivity contribution in [3.63, 3.8) is 0 Å². The lowest BCUT2D eigenvalue weighted by Gasteiger charge is -2.09. The van der Waals surface area contributed by atoms with Crippen LogP contribution in [0.1, 0.15) is 0 Å². The van der Waals surface area contributed by atoms with E-state index in [0.29, 0.717) is 0 Å². The molecule has 3 N–H and O–H groups in total. The van der Waals surface area contributed by atoms with E-state index >= 15 is 0 Å². The molecule has 0 spiro atoms. The van der Waals surface area contributed by atoms with Gasteiger partial charge >= 0.3 is 5.97 Å². The summed E-state index contributed by atoms with van der Waals surface area (Å²) in [6, 6.07) is 2.47. The second kappa shape index (κ2) is 5.34. The first-order chi connectivity index (χ1) is 7.71. The average Bonchev–Trinajstić information content (AvgIpc) is 2.14. The fourth-order valence-corrected chi connectivity index (χ4v) is 3.26. The Morgan fingerprint density at radius 1 is 1.35 bits per heavy atom. The van der Waals surface area contributed by atoms with Gasteiger partial charge in [0.15, 0.2) is 6.61 Å². The summed E-state index contributed by atoms with van der Waals surface area (Å²) >= 11 is 6.15. The Balaban J connectivity index is 3.15. The molecule has 6 nitrogen and oxygen atoms in total. The van der Waals surface area contributed by atoms with Gasteiger partial charge in [-0.1, -0.05) is 0 Å². The monoisotopic (exact) mass is 387 g/mol. The number of benzene rings is 1. The molecule has 0 saturated heterocycles. The highest BCUT2D eigenvalue weighted by molar-refractivity contribution is 9.11. The van der Waals surface area contributed by atoms with E-state index in [9.17, 15) is 13.2 Å². The molecule has 1 aromatic rings. The van der Waals surface area contributed by atoms with Crippen LogP contribution in [0.4, 0.5) is 0 Å². The van der Waals surface area contributed by atoms with Crippen molar-refractivity contribution in [3.8, 4) is 5.75 Å². The number of hydrogen-bond acceptors (Lipinski definition) is 4. The zero-order valence-electron chi connectivity index (χ0n) is 8.18. The molecule has 1 rings (SSSR count). The Bertz CT molecular complexity index is 534. The molecular formula is C8H7Br2NO5S. The minimum Gasteiger partial charge on any atom is -0.480 e. The molecule has 0 fully saturated rings. The maximum Gasteiger partial charge on any atom is 0.341 e. The predicted octanol–water partition coefficient (Wildman–Crippen LogP) is 1.32. The van der Waals surface area contributed by atoms with E-state index in [2.05, 4.69) is 31.9 Å². The molecule has 0 aliphatic rings. The number of nitrogens with two attached hydrogens (primary N) is 1. The van der Waals surface area contributed by atoms with Crippen LogP contribution < -0.4 is 9.88 Å². The van der Waals surface area contributed by atoms with Crippen molar-refractivity contribution in [1.29, 1.82) is 0 Å². The molecule has 0 aliphatic heterocycles. The van der Waals surface area contributed by atoms with Gasteiger partial charge in [0.25, 0.3) is 0 Å². The zero-order chi connectivity index (χ0) is 13.2. The van der Waals surface area contributed by atoms with E-state index in [1.165, 1.54) is 12.1 Å². The number of ether oxygens (including phenoxy) is 1. The molecule has 0 unspecified atom stereocenters. The molecule has 0 amide bonds. The van der Waals surface area contributed by atoms with Crippen LogP contribution in [0.3, 0.4) is 0 Å².